The van der Waals surface area contributed by atoms with E-state index >= 15 is 0 Å². The van der Waals surface area contributed by atoms with Crippen LogP contribution in [0.2, 0.25) is 0 Å². The molecule has 7 amide bonds. The van der Waals surface area contributed by atoms with Gasteiger partial charge in [0.1, 0.15) is 11.6 Å². The van der Waals surface area contributed by atoms with Crippen LogP contribution in [-0.2, 0) is 23.9 Å². The van der Waals surface area contributed by atoms with Gasteiger partial charge in [0.2, 0.25) is 17.6 Å². The minimum atomic E-state index is -1.37. The van der Waals surface area contributed by atoms with Crippen LogP contribution < -0.4 is 21.7 Å². The van der Waals surface area contributed by atoms with Crippen molar-refractivity contribution in [2.75, 3.05) is 19.6 Å². The highest BCUT2D eigenvalue weighted by molar-refractivity contribution is 6.38. The van der Waals surface area contributed by atoms with Crippen molar-refractivity contribution in [3.63, 3.8) is 0 Å². The van der Waals surface area contributed by atoms with Crippen molar-refractivity contribution in [2.24, 2.45) is 17.6 Å². The van der Waals surface area contributed by atoms with Gasteiger partial charge < -0.3 is 31.3 Å². The second kappa shape index (κ2) is 15.7. The van der Waals surface area contributed by atoms with Crippen molar-refractivity contribution >= 4 is 41.5 Å². The van der Waals surface area contributed by atoms with Gasteiger partial charge in [0, 0.05) is 37.2 Å². The summed E-state index contributed by atoms with van der Waals surface area (Å²) in [5.41, 5.74) is 4.82. The molecule has 2 heterocycles. The van der Waals surface area contributed by atoms with Crippen molar-refractivity contribution in [3.8, 4) is 0 Å². The monoisotopic (exact) mass is 642 g/mol. The molecule has 1 aromatic rings. The summed E-state index contributed by atoms with van der Waals surface area (Å²) in [4.78, 5) is 93.1. The molecule has 5 N–H and O–H groups in total. The second-order valence-corrected chi connectivity index (χ2v) is 13.2. The number of hydrogen-bond acceptors (Lipinski definition) is 8. The number of likely N-dealkylation sites (tertiary alicyclic amines) is 1. The number of hydrogen-bond donors (Lipinski definition) is 4. The molecule has 0 radical (unpaired) electrons. The first kappa shape index (κ1) is 36.0. The third-order valence-electron chi connectivity index (χ3n) is 7.82. The maximum absolute atomic E-state index is 13.9. The van der Waals surface area contributed by atoms with Crippen LogP contribution in [0.5, 0.6) is 0 Å². The van der Waals surface area contributed by atoms with E-state index in [9.17, 15) is 33.6 Å². The van der Waals surface area contributed by atoms with Crippen molar-refractivity contribution in [2.45, 2.75) is 90.4 Å². The van der Waals surface area contributed by atoms with E-state index in [0.29, 0.717) is 13.0 Å². The van der Waals surface area contributed by atoms with E-state index in [2.05, 4.69) is 16.0 Å². The normalized spacial score (nSPS) is 18.3. The molecule has 14 nitrogen and oxygen atoms in total. The largest absolute Gasteiger partial charge is 0.444 e. The Kier molecular flexibility index (Phi) is 12.3. The lowest BCUT2D eigenvalue weighted by Crippen LogP contribution is -2.59. The molecule has 2 aliphatic rings. The number of Topliss-reactive ketones (excluding diaryl/α,β-unsaturated/α-hetero) is 1. The number of urea groups is 1. The Balaban J connectivity index is 1.82. The lowest BCUT2D eigenvalue weighted by Gasteiger charge is -2.38. The summed E-state index contributed by atoms with van der Waals surface area (Å²) < 4.78 is 5.47. The summed E-state index contributed by atoms with van der Waals surface area (Å²) in [5.74, 6) is -4.64. The molecule has 0 bridgehead atoms. The SMILES string of the molecule is CC(C)C[C@H](NC(=O)N(C(=O)c1ccccc1)C1CCN(C(=O)OC(C)(C)C)CC1)C(=O)N[C@@H](C[C@@H]1CCNC1=O)C(=O)C(N)=O. The number of benzene rings is 1. The molecular formula is C32H46N6O8. The van der Waals surface area contributed by atoms with Crippen LogP contribution in [-0.4, -0.2) is 94.7 Å². The Labute approximate surface area is 269 Å². The van der Waals surface area contributed by atoms with Crippen LogP contribution >= 0.6 is 0 Å². The zero-order valence-electron chi connectivity index (χ0n) is 27.2. The molecule has 2 saturated heterocycles. The van der Waals surface area contributed by atoms with Crippen molar-refractivity contribution in [3.05, 3.63) is 35.9 Å². The minimum absolute atomic E-state index is 0.0997. The number of piperidine rings is 1. The fourth-order valence-corrected chi connectivity index (χ4v) is 5.53. The van der Waals surface area contributed by atoms with Gasteiger partial charge in [-0.2, -0.15) is 0 Å². The number of ether oxygens (including phenoxy) is 1. The van der Waals surface area contributed by atoms with E-state index in [-0.39, 0.29) is 56.2 Å². The molecule has 0 aromatic heterocycles. The van der Waals surface area contributed by atoms with Gasteiger partial charge in [0.05, 0.1) is 6.04 Å². The number of ketones is 1. The summed E-state index contributed by atoms with van der Waals surface area (Å²) in [6, 6.07) is 4.26. The molecule has 3 rings (SSSR count). The Hall–Kier alpha value is -4.49. The zero-order valence-corrected chi connectivity index (χ0v) is 27.2. The van der Waals surface area contributed by atoms with E-state index < -0.39 is 65.3 Å². The van der Waals surface area contributed by atoms with E-state index in [1.165, 1.54) is 4.90 Å². The number of amides is 7. The third kappa shape index (κ3) is 10.0. The maximum Gasteiger partial charge on any atom is 0.410 e. The number of imide groups is 1. The minimum Gasteiger partial charge on any atom is -0.444 e. The number of nitrogens with two attached hydrogens (primary N) is 1. The van der Waals surface area contributed by atoms with Gasteiger partial charge in [0.25, 0.3) is 11.8 Å². The van der Waals surface area contributed by atoms with Gasteiger partial charge in [-0.1, -0.05) is 32.0 Å². The first-order valence-corrected chi connectivity index (χ1v) is 15.7. The quantitative estimate of drug-likeness (QED) is 0.262. The summed E-state index contributed by atoms with van der Waals surface area (Å²) >= 11 is 0. The van der Waals surface area contributed by atoms with Crippen LogP contribution in [0.25, 0.3) is 0 Å². The Morgan fingerprint density at radius 1 is 1.00 bits per heavy atom. The highest BCUT2D eigenvalue weighted by atomic mass is 16.6. The molecule has 2 fully saturated rings. The standard InChI is InChI=1S/C32H46N6O8/c1-19(2)17-24(28(42)35-23(25(39)26(33)40)18-21-11-14-34-27(21)41)36-30(44)38(29(43)20-9-7-6-8-10-20)22-12-15-37(16-13-22)31(45)46-32(3,4)5/h6-10,19,21-24H,11-18H2,1-5H3,(H2,33,40)(H,34,41)(H,35,42)(H,36,44)/t21-,23-,24-/m0/s1. The Bertz CT molecular complexity index is 1300. The Morgan fingerprint density at radius 2 is 1.63 bits per heavy atom. The van der Waals surface area contributed by atoms with Crippen molar-refractivity contribution < 1.29 is 38.3 Å². The first-order chi connectivity index (χ1) is 21.6. The average molecular weight is 643 g/mol. The fourth-order valence-electron chi connectivity index (χ4n) is 5.53. The Morgan fingerprint density at radius 3 is 2.15 bits per heavy atom. The van der Waals surface area contributed by atoms with E-state index in [0.717, 1.165) is 4.90 Å². The average Bonchev–Trinajstić information content (AvgIpc) is 3.39. The van der Waals surface area contributed by atoms with Crippen molar-refractivity contribution in [1.29, 1.82) is 0 Å². The van der Waals surface area contributed by atoms with E-state index in [1.807, 2.05) is 13.8 Å². The lowest BCUT2D eigenvalue weighted by molar-refractivity contribution is -0.139. The summed E-state index contributed by atoms with van der Waals surface area (Å²) in [6.07, 6.45) is 0.517. The number of carbonyl (C=O) groups is 7. The van der Waals surface area contributed by atoms with Crippen molar-refractivity contribution in [1.82, 2.24) is 25.8 Å². The van der Waals surface area contributed by atoms with Gasteiger partial charge in [-0.3, -0.25) is 28.9 Å². The zero-order chi connectivity index (χ0) is 34.2. The molecule has 2 aliphatic heterocycles. The van der Waals surface area contributed by atoms with E-state index in [4.69, 9.17) is 10.5 Å². The topological polar surface area (TPSA) is 197 Å². The van der Waals surface area contributed by atoms with Gasteiger partial charge in [-0.15, -0.1) is 0 Å². The first-order valence-electron chi connectivity index (χ1n) is 15.7. The van der Waals surface area contributed by atoms with Crippen LogP contribution in [0.15, 0.2) is 30.3 Å². The van der Waals surface area contributed by atoms with Crippen LogP contribution in [0.3, 0.4) is 0 Å². The summed E-state index contributed by atoms with van der Waals surface area (Å²) in [7, 11) is 0. The number of nitrogens with zero attached hydrogens (tertiary/aromatic N) is 2. The molecule has 252 valence electrons. The van der Waals surface area contributed by atoms with Gasteiger partial charge in [0.15, 0.2) is 0 Å². The molecule has 0 spiro atoms. The number of primary amides is 1. The molecule has 0 unspecified atom stereocenters. The molecule has 46 heavy (non-hydrogen) atoms. The number of nitrogens with one attached hydrogen (secondary N) is 3. The highest BCUT2D eigenvalue weighted by Gasteiger charge is 2.38. The fraction of sp³-hybridized carbons (Fsp3) is 0.594. The summed E-state index contributed by atoms with van der Waals surface area (Å²) in [6.45, 7) is 9.86. The van der Waals surface area contributed by atoms with Gasteiger partial charge in [-0.05, 0) is 70.9 Å². The highest BCUT2D eigenvalue weighted by Crippen LogP contribution is 2.22. The molecule has 3 atom stereocenters. The predicted octanol–water partition coefficient (Wildman–Crippen LogP) is 1.72. The maximum atomic E-state index is 13.9. The molecule has 0 aliphatic carbocycles. The molecule has 14 heteroatoms. The smallest absolute Gasteiger partial charge is 0.410 e. The molecule has 1 aromatic carbocycles. The number of rotatable bonds is 11. The third-order valence-corrected chi connectivity index (χ3v) is 7.82. The van der Waals surface area contributed by atoms with E-state index in [1.54, 1.807) is 51.1 Å². The summed E-state index contributed by atoms with van der Waals surface area (Å²) in [5, 5.41) is 7.86. The van der Waals surface area contributed by atoms with Gasteiger partial charge >= 0.3 is 12.1 Å². The van der Waals surface area contributed by atoms with Crippen LogP contribution in [0, 0.1) is 11.8 Å². The number of carbonyl (C=O) groups excluding carboxylic acids is 7. The molecular weight excluding hydrogens is 596 g/mol. The van der Waals surface area contributed by atoms with Crippen LogP contribution in [0.4, 0.5) is 9.59 Å². The lowest BCUT2D eigenvalue weighted by atomic mass is 9.94. The second-order valence-electron chi connectivity index (χ2n) is 13.2. The molecule has 0 saturated carbocycles. The van der Waals surface area contributed by atoms with Crippen LogP contribution in [0.1, 0.15) is 77.1 Å². The predicted molar refractivity (Wildman–Crippen MR) is 167 cm³/mol. The van der Waals surface area contributed by atoms with Gasteiger partial charge in [-0.25, -0.2) is 9.59 Å².